The molecule has 0 saturated carbocycles. The normalized spacial score (nSPS) is 21.2. The first-order valence-electron chi connectivity index (χ1n) is 2.80. The van der Waals surface area contributed by atoms with Crippen molar-refractivity contribution in [3.05, 3.63) is 34.0 Å². The zero-order valence-electron chi connectivity index (χ0n) is 5.02. The van der Waals surface area contributed by atoms with E-state index in [1.807, 2.05) is 0 Å². The lowest BCUT2D eigenvalue weighted by molar-refractivity contribution is -0.377. The molecule has 50 valence electrons. The second-order valence-electron chi connectivity index (χ2n) is 2.15. The first-order chi connectivity index (χ1) is 4.75. The van der Waals surface area contributed by atoms with E-state index in [1.54, 1.807) is 0 Å². The maximum absolute atomic E-state index is 10.6. The average molecular weight is 136 g/mol. The van der Waals surface area contributed by atoms with E-state index < -0.39 is 0 Å². The fourth-order valence-electron chi connectivity index (χ4n) is 0.988. The van der Waals surface area contributed by atoms with Gasteiger partial charge in [0.05, 0.1) is 0 Å². The third-order valence-corrected chi connectivity index (χ3v) is 1.40. The van der Waals surface area contributed by atoms with Crippen molar-refractivity contribution in [1.29, 1.82) is 0 Å². The SMILES string of the molecule is [O-][N+]1=CC2=C[N+]([O-])=CC2=C1. The van der Waals surface area contributed by atoms with E-state index in [2.05, 4.69) is 0 Å². The molecular formula is C6H4N2O2. The molecule has 0 N–H and O–H groups in total. The second kappa shape index (κ2) is 1.47. The van der Waals surface area contributed by atoms with Gasteiger partial charge < -0.3 is 10.4 Å². The monoisotopic (exact) mass is 136 g/mol. The largest absolute Gasteiger partial charge is 0.619 e. The number of hydrogen-bond donors (Lipinski definition) is 0. The highest BCUT2D eigenvalue weighted by atomic mass is 16.5. The summed E-state index contributed by atoms with van der Waals surface area (Å²) in [6.45, 7) is 0. The molecule has 0 aromatic rings. The summed E-state index contributed by atoms with van der Waals surface area (Å²) in [4.78, 5) is 0. The van der Waals surface area contributed by atoms with E-state index in [1.165, 1.54) is 24.8 Å². The molecule has 0 bridgehead atoms. The topological polar surface area (TPSA) is 52.1 Å². The van der Waals surface area contributed by atoms with E-state index in [9.17, 15) is 10.4 Å². The number of hydroxylamine groups is 2. The Kier molecular flexibility index (Phi) is 0.768. The van der Waals surface area contributed by atoms with E-state index in [-0.39, 0.29) is 0 Å². The van der Waals surface area contributed by atoms with Crippen LogP contribution in [0.25, 0.3) is 0 Å². The van der Waals surface area contributed by atoms with Crippen LogP contribution < -0.4 is 0 Å². The molecule has 4 heteroatoms. The Bertz CT molecular complexity index is 278. The summed E-state index contributed by atoms with van der Waals surface area (Å²) in [5, 5.41) is 21.1. The third kappa shape index (κ3) is 0.556. The highest BCUT2D eigenvalue weighted by Crippen LogP contribution is 2.15. The minimum atomic E-state index is 0.685. The van der Waals surface area contributed by atoms with Gasteiger partial charge in [0.25, 0.3) is 0 Å². The van der Waals surface area contributed by atoms with Gasteiger partial charge in [0.2, 0.25) is 0 Å². The highest BCUT2D eigenvalue weighted by molar-refractivity contribution is 5.98. The Labute approximate surface area is 56.9 Å². The first kappa shape index (κ1) is 5.22. The molecule has 2 aliphatic rings. The standard InChI is InChI=1S/C6H4N2O2/c9-7-1-5-2-8(10)4-6(5)3-7/h1-4H. The summed E-state index contributed by atoms with van der Waals surface area (Å²) in [5.41, 5.74) is 1.37. The fourth-order valence-corrected chi connectivity index (χ4v) is 0.988. The molecule has 0 fully saturated rings. The molecule has 0 radical (unpaired) electrons. The van der Waals surface area contributed by atoms with Gasteiger partial charge in [-0.1, -0.05) is 0 Å². The maximum atomic E-state index is 10.6. The van der Waals surface area contributed by atoms with Crippen LogP contribution in [0.15, 0.2) is 23.5 Å². The molecular weight excluding hydrogens is 132 g/mol. The number of rotatable bonds is 0. The predicted octanol–water partition coefficient (Wildman–Crippen LogP) is -0.0564. The van der Waals surface area contributed by atoms with Crippen LogP contribution in [0.1, 0.15) is 0 Å². The Balaban J connectivity index is 2.49. The van der Waals surface area contributed by atoms with Crippen LogP contribution in [0.2, 0.25) is 0 Å². The van der Waals surface area contributed by atoms with E-state index in [0.717, 1.165) is 0 Å². The van der Waals surface area contributed by atoms with Crippen molar-refractivity contribution in [3.63, 3.8) is 0 Å². The Morgan fingerprint density at radius 1 is 0.900 bits per heavy atom. The number of allylic oxidation sites excluding steroid dienone is 2. The molecule has 0 unspecified atom stereocenters. The van der Waals surface area contributed by atoms with Gasteiger partial charge in [-0.3, -0.25) is 0 Å². The zero-order valence-corrected chi connectivity index (χ0v) is 5.02. The average Bonchev–Trinajstić information content (AvgIpc) is 2.21. The number of fused-ring (bicyclic) bond motifs is 1. The summed E-state index contributed by atoms with van der Waals surface area (Å²) in [5.74, 6) is 0. The molecule has 0 amide bonds. The van der Waals surface area contributed by atoms with Gasteiger partial charge >= 0.3 is 0 Å². The van der Waals surface area contributed by atoms with Crippen LogP contribution >= 0.6 is 0 Å². The van der Waals surface area contributed by atoms with Crippen molar-refractivity contribution in [3.8, 4) is 0 Å². The lowest BCUT2D eigenvalue weighted by atomic mass is 10.2. The van der Waals surface area contributed by atoms with Gasteiger partial charge in [-0.05, 0) is 0 Å². The zero-order chi connectivity index (χ0) is 7.14. The summed E-state index contributed by atoms with van der Waals surface area (Å²) in [6, 6.07) is 0. The smallest absolute Gasteiger partial charge is 0.194 e. The summed E-state index contributed by atoms with van der Waals surface area (Å²) < 4.78 is 1.37. The number of hydrogen-bond acceptors (Lipinski definition) is 2. The van der Waals surface area contributed by atoms with Gasteiger partial charge in [-0.25, -0.2) is 0 Å². The lowest BCUT2D eigenvalue weighted by Gasteiger charge is -1.89. The Hall–Kier alpha value is -1.58. The van der Waals surface area contributed by atoms with Crippen LogP contribution in [0.4, 0.5) is 0 Å². The van der Waals surface area contributed by atoms with Gasteiger partial charge in [0, 0.05) is 0 Å². The van der Waals surface area contributed by atoms with Crippen molar-refractivity contribution in [2.75, 3.05) is 0 Å². The van der Waals surface area contributed by atoms with Crippen LogP contribution in [0.5, 0.6) is 0 Å². The lowest BCUT2D eigenvalue weighted by Crippen LogP contribution is -1.91. The van der Waals surface area contributed by atoms with Gasteiger partial charge in [0.1, 0.15) is 11.1 Å². The molecule has 0 aliphatic carbocycles. The number of nitrogens with zero attached hydrogens (tertiary/aromatic N) is 2. The molecule has 2 heterocycles. The quantitative estimate of drug-likeness (QED) is 0.346. The van der Waals surface area contributed by atoms with E-state index in [0.29, 0.717) is 20.6 Å². The van der Waals surface area contributed by atoms with E-state index >= 15 is 0 Å². The highest BCUT2D eigenvalue weighted by Gasteiger charge is 2.23. The molecule has 2 rings (SSSR count). The fraction of sp³-hybridized carbons (Fsp3) is 0. The first-order valence-corrected chi connectivity index (χ1v) is 2.80. The minimum absolute atomic E-state index is 0.685. The van der Waals surface area contributed by atoms with Gasteiger partial charge in [-0.15, -0.1) is 0 Å². The maximum Gasteiger partial charge on any atom is 0.194 e. The molecule has 0 aromatic heterocycles. The molecule has 0 saturated heterocycles. The molecule has 4 nitrogen and oxygen atoms in total. The van der Waals surface area contributed by atoms with Gasteiger partial charge in [0.15, 0.2) is 24.8 Å². The third-order valence-electron chi connectivity index (χ3n) is 1.40. The Morgan fingerprint density at radius 3 is 1.70 bits per heavy atom. The minimum Gasteiger partial charge on any atom is -0.619 e. The van der Waals surface area contributed by atoms with Crippen molar-refractivity contribution >= 4 is 12.4 Å². The van der Waals surface area contributed by atoms with E-state index in [4.69, 9.17) is 0 Å². The van der Waals surface area contributed by atoms with Crippen molar-refractivity contribution in [2.24, 2.45) is 0 Å². The molecule has 0 atom stereocenters. The molecule has 0 aromatic carbocycles. The predicted molar refractivity (Wildman–Crippen MR) is 35.5 cm³/mol. The molecule has 0 spiro atoms. The van der Waals surface area contributed by atoms with Crippen LogP contribution in [-0.4, -0.2) is 21.9 Å². The van der Waals surface area contributed by atoms with Crippen LogP contribution in [0, 0.1) is 10.4 Å². The van der Waals surface area contributed by atoms with Crippen LogP contribution in [-0.2, 0) is 0 Å². The summed E-state index contributed by atoms with van der Waals surface area (Å²) in [7, 11) is 0. The van der Waals surface area contributed by atoms with Gasteiger partial charge in [-0.2, -0.15) is 9.48 Å². The van der Waals surface area contributed by atoms with Crippen molar-refractivity contribution < 1.29 is 9.48 Å². The van der Waals surface area contributed by atoms with Crippen molar-refractivity contribution in [2.45, 2.75) is 0 Å². The second-order valence-corrected chi connectivity index (χ2v) is 2.15. The summed E-state index contributed by atoms with van der Waals surface area (Å²) >= 11 is 0. The Morgan fingerprint density at radius 2 is 1.30 bits per heavy atom. The van der Waals surface area contributed by atoms with Crippen LogP contribution in [0.3, 0.4) is 0 Å². The molecule has 10 heavy (non-hydrogen) atoms. The van der Waals surface area contributed by atoms with Crippen molar-refractivity contribution in [1.82, 2.24) is 0 Å². The molecule has 2 aliphatic heterocycles. The summed E-state index contributed by atoms with van der Waals surface area (Å²) in [6.07, 6.45) is 5.46.